The number of nitrogens with one attached hydrogen (secondary N) is 2. The Kier molecular flexibility index (Phi) is 8.29. The van der Waals surface area contributed by atoms with Crippen molar-refractivity contribution in [2.75, 3.05) is 10.6 Å². The molecule has 0 saturated heterocycles. The van der Waals surface area contributed by atoms with Crippen molar-refractivity contribution in [1.29, 1.82) is 0 Å². The Balaban J connectivity index is 1.16. The van der Waals surface area contributed by atoms with Crippen molar-refractivity contribution < 1.29 is 9.59 Å². The van der Waals surface area contributed by atoms with Gasteiger partial charge >= 0.3 is 0 Å². The Morgan fingerprint density at radius 1 is 0.500 bits per heavy atom. The van der Waals surface area contributed by atoms with Gasteiger partial charge < -0.3 is 10.6 Å². The van der Waals surface area contributed by atoms with E-state index in [4.69, 9.17) is 0 Å². The smallest absolute Gasteiger partial charge is 0.248 e. The van der Waals surface area contributed by atoms with Crippen molar-refractivity contribution >= 4 is 35.3 Å². The van der Waals surface area contributed by atoms with Crippen LogP contribution in [-0.4, -0.2) is 21.8 Å². The summed E-state index contributed by atoms with van der Waals surface area (Å²) in [4.78, 5) is 33.5. The van der Waals surface area contributed by atoms with Crippen LogP contribution in [0.2, 0.25) is 0 Å². The average Bonchev–Trinajstić information content (AvgIpc) is 3.01. The minimum absolute atomic E-state index is 0.196. The SMILES string of the molecule is O=C(/C=C/c1ccccc1)Nc1ccc(-c2cnc(-c3ccc(NC(=O)/C=C/c4ccccc4)cc3)nc2)cc1. The monoisotopic (exact) mass is 522 g/mol. The molecule has 0 fully saturated rings. The molecule has 0 saturated carbocycles. The van der Waals surface area contributed by atoms with Gasteiger partial charge in [0.05, 0.1) is 0 Å². The maximum Gasteiger partial charge on any atom is 0.248 e. The highest BCUT2D eigenvalue weighted by Crippen LogP contribution is 2.23. The number of hydrogen-bond acceptors (Lipinski definition) is 4. The first kappa shape index (κ1) is 26.0. The van der Waals surface area contributed by atoms with E-state index >= 15 is 0 Å². The number of amides is 2. The predicted octanol–water partition coefficient (Wildman–Crippen LogP) is 7.11. The summed E-state index contributed by atoms with van der Waals surface area (Å²) in [6.45, 7) is 0. The number of anilines is 2. The molecule has 0 bridgehead atoms. The molecule has 40 heavy (non-hydrogen) atoms. The van der Waals surface area contributed by atoms with Gasteiger partial charge in [-0.05, 0) is 65.2 Å². The van der Waals surface area contributed by atoms with E-state index in [0.717, 1.165) is 27.8 Å². The van der Waals surface area contributed by atoms with Gasteiger partial charge in [0, 0.05) is 47.0 Å². The Labute approximate surface area is 232 Å². The van der Waals surface area contributed by atoms with Gasteiger partial charge in [-0.1, -0.05) is 72.8 Å². The third-order valence-corrected chi connectivity index (χ3v) is 6.00. The second-order valence-electron chi connectivity index (χ2n) is 8.92. The molecule has 6 heteroatoms. The lowest BCUT2D eigenvalue weighted by molar-refractivity contribution is -0.112. The minimum Gasteiger partial charge on any atom is -0.323 e. The second kappa shape index (κ2) is 12.8. The molecule has 0 unspecified atom stereocenters. The Bertz CT molecular complexity index is 1500. The molecule has 0 spiro atoms. The second-order valence-corrected chi connectivity index (χ2v) is 8.92. The summed E-state index contributed by atoms with van der Waals surface area (Å²) < 4.78 is 0. The number of hydrogen-bond donors (Lipinski definition) is 2. The van der Waals surface area contributed by atoms with E-state index in [1.807, 2.05) is 109 Å². The zero-order valence-electron chi connectivity index (χ0n) is 21.6. The molecule has 0 aliphatic rings. The van der Waals surface area contributed by atoms with E-state index in [2.05, 4.69) is 20.6 Å². The van der Waals surface area contributed by atoms with Gasteiger partial charge in [-0.2, -0.15) is 0 Å². The lowest BCUT2D eigenvalue weighted by Crippen LogP contribution is -2.07. The number of aromatic nitrogens is 2. The fourth-order valence-corrected chi connectivity index (χ4v) is 3.91. The molecule has 1 aromatic heterocycles. The van der Waals surface area contributed by atoms with Crippen molar-refractivity contribution in [3.8, 4) is 22.5 Å². The molecular formula is C34H26N4O2. The van der Waals surface area contributed by atoms with Crippen molar-refractivity contribution in [2.45, 2.75) is 0 Å². The zero-order chi connectivity index (χ0) is 27.6. The van der Waals surface area contributed by atoms with Crippen LogP contribution in [0, 0.1) is 0 Å². The fraction of sp³-hybridized carbons (Fsp3) is 0. The van der Waals surface area contributed by atoms with Crippen LogP contribution >= 0.6 is 0 Å². The third-order valence-electron chi connectivity index (χ3n) is 6.00. The van der Waals surface area contributed by atoms with Gasteiger partial charge in [0.1, 0.15) is 0 Å². The summed E-state index contributed by atoms with van der Waals surface area (Å²) in [5, 5.41) is 5.72. The number of carbonyl (C=O) groups excluding carboxylic acids is 2. The summed E-state index contributed by atoms with van der Waals surface area (Å²) in [5.74, 6) is 0.185. The van der Waals surface area contributed by atoms with Crippen molar-refractivity contribution in [3.63, 3.8) is 0 Å². The molecule has 0 aliphatic heterocycles. The number of nitrogens with zero attached hydrogens (tertiary/aromatic N) is 2. The standard InChI is InChI=1S/C34H26N4O2/c39-32(21-11-25-7-3-1-4-8-25)37-30-17-13-27(14-18-30)29-23-35-34(36-24-29)28-15-19-31(20-16-28)38-33(40)22-12-26-9-5-2-6-10-26/h1-24H,(H,37,39)(H,38,40)/b21-11+,22-12+. The topological polar surface area (TPSA) is 84.0 Å². The molecule has 5 aromatic rings. The van der Waals surface area contributed by atoms with Crippen molar-refractivity contribution in [3.05, 3.63) is 145 Å². The van der Waals surface area contributed by atoms with Crippen molar-refractivity contribution in [1.82, 2.24) is 9.97 Å². The Hall–Kier alpha value is -5.62. The number of rotatable bonds is 8. The summed E-state index contributed by atoms with van der Waals surface area (Å²) >= 11 is 0. The van der Waals surface area contributed by atoms with Crippen LogP contribution in [0.5, 0.6) is 0 Å². The third kappa shape index (κ3) is 7.24. The molecule has 1 heterocycles. The lowest BCUT2D eigenvalue weighted by atomic mass is 10.1. The van der Waals surface area contributed by atoms with E-state index in [9.17, 15) is 9.59 Å². The van der Waals surface area contributed by atoms with Gasteiger partial charge in [-0.15, -0.1) is 0 Å². The highest BCUT2D eigenvalue weighted by atomic mass is 16.2. The Morgan fingerprint density at radius 2 is 0.925 bits per heavy atom. The van der Waals surface area contributed by atoms with E-state index in [1.165, 1.54) is 12.2 Å². The lowest BCUT2D eigenvalue weighted by Gasteiger charge is -2.07. The molecule has 0 atom stereocenters. The summed E-state index contributed by atoms with van der Waals surface area (Å²) in [6.07, 6.45) is 10.1. The molecule has 6 nitrogen and oxygen atoms in total. The van der Waals surface area contributed by atoms with Gasteiger partial charge in [0.25, 0.3) is 0 Å². The van der Waals surface area contributed by atoms with E-state index < -0.39 is 0 Å². The average molecular weight is 523 g/mol. The normalized spacial score (nSPS) is 11.0. The summed E-state index contributed by atoms with van der Waals surface area (Å²) in [6, 6.07) is 34.2. The van der Waals surface area contributed by atoms with Crippen LogP contribution in [0.3, 0.4) is 0 Å². The van der Waals surface area contributed by atoms with Gasteiger partial charge in [-0.3, -0.25) is 9.59 Å². The van der Waals surface area contributed by atoms with Gasteiger partial charge in [0.15, 0.2) is 5.82 Å². The van der Waals surface area contributed by atoms with E-state index in [0.29, 0.717) is 17.2 Å². The fourth-order valence-electron chi connectivity index (χ4n) is 3.91. The van der Waals surface area contributed by atoms with Crippen LogP contribution in [0.25, 0.3) is 34.7 Å². The first-order valence-corrected chi connectivity index (χ1v) is 12.7. The van der Waals surface area contributed by atoms with Crippen LogP contribution in [0.1, 0.15) is 11.1 Å². The van der Waals surface area contributed by atoms with Crippen LogP contribution in [0.4, 0.5) is 11.4 Å². The number of benzene rings is 4. The summed E-state index contributed by atoms with van der Waals surface area (Å²) in [5.41, 5.74) is 5.95. The first-order chi connectivity index (χ1) is 19.6. The molecule has 4 aromatic carbocycles. The maximum atomic E-state index is 12.2. The van der Waals surface area contributed by atoms with Gasteiger partial charge in [0.2, 0.25) is 11.8 Å². The highest BCUT2D eigenvalue weighted by molar-refractivity contribution is 6.02. The number of carbonyl (C=O) groups is 2. The first-order valence-electron chi connectivity index (χ1n) is 12.7. The maximum absolute atomic E-state index is 12.2. The quantitative estimate of drug-likeness (QED) is 0.213. The molecule has 2 N–H and O–H groups in total. The summed E-state index contributed by atoms with van der Waals surface area (Å²) in [7, 11) is 0. The largest absolute Gasteiger partial charge is 0.323 e. The Morgan fingerprint density at radius 3 is 1.38 bits per heavy atom. The molecule has 5 rings (SSSR count). The molecular weight excluding hydrogens is 496 g/mol. The van der Waals surface area contributed by atoms with E-state index in [-0.39, 0.29) is 11.8 Å². The molecule has 194 valence electrons. The van der Waals surface area contributed by atoms with Gasteiger partial charge in [-0.25, -0.2) is 9.97 Å². The minimum atomic E-state index is -0.202. The van der Waals surface area contributed by atoms with E-state index in [1.54, 1.807) is 24.5 Å². The van der Waals surface area contributed by atoms with Crippen LogP contribution in [0.15, 0.2) is 134 Å². The molecule has 0 radical (unpaired) electrons. The van der Waals surface area contributed by atoms with Crippen LogP contribution < -0.4 is 10.6 Å². The zero-order valence-corrected chi connectivity index (χ0v) is 21.6. The molecule has 2 amide bonds. The molecule has 0 aliphatic carbocycles. The van der Waals surface area contributed by atoms with Crippen LogP contribution in [-0.2, 0) is 9.59 Å². The predicted molar refractivity (Wildman–Crippen MR) is 161 cm³/mol. The highest BCUT2D eigenvalue weighted by Gasteiger charge is 2.06. The van der Waals surface area contributed by atoms with Crippen molar-refractivity contribution in [2.24, 2.45) is 0 Å².